The molecule has 376 valence electrons. The number of nitrogens with zero attached hydrogens (tertiary/aromatic N) is 2. The second-order valence-corrected chi connectivity index (χ2v) is 19.5. The first-order valence-corrected chi connectivity index (χ1v) is 24.8. The van der Waals surface area contributed by atoms with Crippen LogP contribution >= 0.6 is 0 Å². The first-order chi connectivity index (χ1) is 33.6. The lowest BCUT2D eigenvalue weighted by Gasteiger charge is -2.35. The fourth-order valence-electron chi connectivity index (χ4n) is 10.3. The van der Waals surface area contributed by atoms with Crippen molar-refractivity contribution in [1.29, 1.82) is 0 Å². The highest BCUT2D eigenvalue weighted by molar-refractivity contribution is 5.94. The monoisotopic (exact) mass is 966 g/mol. The average molecular weight is 966 g/mol. The van der Waals surface area contributed by atoms with E-state index < -0.39 is 66.2 Å². The Balaban J connectivity index is 1.01. The zero-order valence-electron chi connectivity index (χ0n) is 41.1. The maximum atomic E-state index is 15.5. The van der Waals surface area contributed by atoms with E-state index in [0.29, 0.717) is 64.7 Å². The molecule has 1 aliphatic carbocycles. The van der Waals surface area contributed by atoms with Crippen molar-refractivity contribution in [2.24, 2.45) is 11.8 Å². The van der Waals surface area contributed by atoms with Gasteiger partial charge in [-0.05, 0) is 71.9 Å². The van der Waals surface area contributed by atoms with E-state index in [9.17, 15) is 33.9 Å². The molecule has 17 heteroatoms. The first kappa shape index (κ1) is 51.8. The van der Waals surface area contributed by atoms with E-state index in [1.807, 2.05) is 12.1 Å². The quantitative estimate of drug-likeness (QED) is 0.0373. The molecule has 2 aromatic heterocycles. The maximum absolute atomic E-state index is 15.5. The molecule has 16 nitrogen and oxygen atoms in total. The summed E-state index contributed by atoms with van der Waals surface area (Å²) in [5.74, 6) is -1.86. The number of carbonyl (C=O) groups is 5. The van der Waals surface area contributed by atoms with Crippen molar-refractivity contribution in [3.63, 3.8) is 0 Å². The van der Waals surface area contributed by atoms with Gasteiger partial charge in [-0.2, -0.15) is 0 Å². The Hall–Kier alpha value is -6.04. The van der Waals surface area contributed by atoms with Crippen LogP contribution in [-0.4, -0.2) is 83.3 Å². The van der Waals surface area contributed by atoms with Gasteiger partial charge < -0.3 is 45.7 Å². The number of aryl methyl sites for hydroxylation is 1. The molecule has 5 amide bonds. The molecule has 7 rings (SSSR count). The second kappa shape index (κ2) is 23.3. The van der Waals surface area contributed by atoms with Crippen molar-refractivity contribution in [2.45, 2.75) is 136 Å². The maximum Gasteiger partial charge on any atom is 0.257 e. The summed E-state index contributed by atoms with van der Waals surface area (Å²) in [7, 11) is 0. The molecule has 4 atom stereocenters. The van der Waals surface area contributed by atoms with Gasteiger partial charge in [0.1, 0.15) is 30.8 Å². The first-order valence-electron chi connectivity index (χ1n) is 24.8. The summed E-state index contributed by atoms with van der Waals surface area (Å²) >= 11 is 0. The van der Waals surface area contributed by atoms with Crippen LogP contribution in [0.5, 0.6) is 0 Å². The third-order valence-electron chi connectivity index (χ3n) is 14.2. The predicted octanol–water partition coefficient (Wildman–Crippen LogP) is 5.18. The molecule has 2 aromatic carbocycles. The Morgan fingerprint density at radius 2 is 1.70 bits per heavy atom. The van der Waals surface area contributed by atoms with Crippen LogP contribution in [0.15, 0.2) is 47.3 Å². The van der Waals surface area contributed by atoms with Crippen LogP contribution in [0.4, 0.5) is 4.39 Å². The molecule has 6 N–H and O–H groups in total. The number of rotatable bonds is 23. The summed E-state index contributed by atoms with van der Waals surface area (Å²) in [5, 5.41) is 26.1. The van der Waals surface area contributed by atoms with Gasteiger partial charge in [-0.15, -0.1) is 0 Å². The molecular weight excluding hydrogens is 898 g/mol. The van der Waals surface area contributed by atoms with Crippen LogP contribution < -0.4 is 32.1 Å². The fraction of sp³-hybridized carbons (Fsp3) is 0.528. The second-order valence-electron chi connectivity index (χ2n) is 19.5. The zero-order chi connectivity index (χ0) is 50.1. The number of ether oxygens (including phenoxy) is 2. The fourth-order valence-corrected chi connectivity index (χ4v) is 10.3. The minimum atomic E-state index is -1.37. The number of carbonyl (C=O) groups excluding carboxylic acids is 5. The zero-order valence-corrected chi connectivity index (χ0v) is 41.1. The molecule has 3 aliphatic rings. The summed E-state index contributed by atoms with van der Waals surface area (Å²) in [5.41, 5.74) is 4.32. The normalized spacial score (nSPS) is 17.5. The van der Waals surface area contributed by atoms with Crippen LogP contribution in [0.3, 0.4) is 0 Å². The number of nitrogens with one attached hydrogen (secondary N) is 5. The van der Waals surface area contributed by atoms with Gasteiger partial charge in [0.25, 0.3) is 5.56 Å². The molecule has 2 aliphatic heterocycles. The van der Waals surface area contributed by atoms with E-state index >= 15 is 4.39 Å². The number of hydrogen-bond donors (Lipinski definition) is 6. The topological polar surface area (TPSA) is 219 Å². The number of amides is 5. The van der Waals surface area contributed by atoms with E-state index in [0.717, 1.165) is 46.9 Å². The SMILES string of the molecule is CCCCCC(CCCC[C@@]1(O)COCc2c1cc1n(c2=O)Cc2c-1nc1cc(F)c(C)c3c1c2[C@@H](NC(=O)COCNC(=O)CNC(=O)[C@H](Cc1ccccc1)NC(=O)CNC(C)=O)CC3)C(C)C. The largest absolute Gasteiger partial charge is 0.383 e. The number of benzene rings is 2. The van der Waals surface area contributed by atoms with Crippen molar-refractivity contribution < 1.29 is 42.9 Å². The van der Waals surface area contributed by atoms with Gasteiger partial charge >= 0.3 is 0 Å². The van der Waals surface area contributed by atoms with E-state index in [4.69, 9.17) is 14.5 Å². The van der Waals surface area contributed by atoms with Crippen LogP contribution in [0, 0.1) is 24.6 Å². The van der Waals surface area contributed by atoms with Gasteiger partial charge in [0, 0.05) is 35.9 Å². The van der Waals surface area contributed by atoms with Crippen LogP contribution in [0.1, 0.15) is 130 Å². The lowest BCUT2D eigenvalue weighted by Crippen LogP contribution is -2.52. The van der Waals surface area contributed by atoms with Gasteiger partial charge in [-0.1, -0.05) is 96.0 Å². The summed E-state index contributed by atoms with van der Waals surface area (Å²) < 4.78 is 28.6. The number of unbranched alkanes of at least 4 members (excludes halogenated alkanes) is 3. The molecule has 0 saturated carbocycles. The minimum absolute atomic E-state index is 0.0695. The van der Waals surface area contributed by atoms with Gasteiger partial charge in [0.2, 0.25) is 29.5 Å². The Kier molecular flexibility index (Phi) is 17.2. The van der Waals surface area contributed by atoms with Crippen LogP contribution in [-0.2, 0) is 65.0 Å². The Morgan fingerprint density at radius 1 is 0.957 bits per heavy atom. The van der Waals surface area contributed by atoms with E-state index in [2.05, 4.69) is 47.4 Å². The molecular formula is C53H68FN7O9. The summed E-state index contributed by atoms with van der Waals surface area (Å²) in [6.07, 6.45) is 9.15. The van der Waals surface area contributed by atoms with Gasteiger partial charge in [0.05, 0.1) is 55.8 Å². The van der Waals surface area contributed by atoms with Crippen LogP contribution in [0.2, 0.25) is 0 Å². The third-order valence-corrected chi connectivity index (χ3v) is 14.2. The average Bonchev–Trinajstić information content (AvgIpc) is 3.70. The smallest absolute Gasteiger partial charge is 0.257 e. The number of aromatic nitrogens is 2. The molecule has 1 unspecified atom stereocenters. The van der Waals surface area contributed by atoms with Crippen molar-refractivity contribution in [3.05, 3.63) is 97.6 Å². The van der Waals surface area contributed by atoms with E-state index in [1.54, 1.807) is 35.8 Å². The van der Waals surface area contributed by atoms with Crippen molar-refractivity contribution in [1.82, 2.24) is 36.1 Å². The lowest BCUT2D eigenvalue weighted by molar-refractivity contribution is -0.131. The molecule has 0 bridgehead atoms. The highest BCUT2D eigenvalue weighted by Crippen LogP contribution is 2.46. The number of hydrogen-bond acceptors (Lipinski definition) is 10. The minimum Gasteiger partial charge on any atom is -0.383 e. The summed E-state index contributed by atoms with van der Waals surface area (Å²) in [6.45, 7) is 8.56. The number of halogens is 1. The molecule has 70 heavy (non-hydrogen) atoms. The molecule has 0 fully saturated rings. The highest BCUT2D eigenvalue weighted by atomic mass is 19.1. The highest BCUT2D eigenvalue weighted by Gasteiger charge is 2.41. The predicted molar refractivity (Wildman–Crippen MR) is 262 cm³/mol. The Morgan fingerprint density at radius 3 is 2.43 bits per heavy atom. The van der Waals surface area contributed by atoms with Crippen molar-refractivity contribution in [3.8, 4) is 11.4 Å². The number of aliphatic hydroxyl groups is 1. The molecule has 0 saturated heterocycles. The molecule has 0 spiro atoms. The molecule has 4 heterocycles. The third kappa shape index (κ3) is 12.1. The Labute approximate surface area is 408 Å². The van der Waals surface area contributed by atoms with Gasteiger partial charge in [-0.25, -0.2) is 9.37 Å². The molecule has 0 radical (unpaired) electrons. The van der Waals surface area contributed by atoms with Crippen LogP contribution in [0.25, 0.3) is 22.3 Å². The van der Waals surface area contributed by atoms with E-state index in [1.165, 1.54) is 38.7 Å². The molecule has 4 aromatic rings. The van der Waals surface area contributed by atoms with Crippen molar-refractivity contribution >= 4 is 40.4 Å². The number of fused-ring (bicyclic) bond motifs is 5. The Bertz CT molecular complexity index is 2660. The van der Waals surface area contributed by atoms with Gasteiger partial charge in [-0.3, -0.25) is 28.8 Å². The number of pyridine rings is 2. The van der Waals surface area contributed by atoms with Crippen molar-refractivity contribution in [2.75, 3.05) is 33.0 Å². The summed E-state index contributed by atoms with van der Waals surface area (Å²) in [6, 6.07) is 10.7. The van der Waals surface area contributed by atoms with E-state index in [-0.39, 0.29) is 45.0 Å². The summed E-state index contributed by atoms with van der Waals surface area (Å²) in [4.78, 5) is 82.5. The standard InChI is InChI=1S/C53H68FN7O9/c1-6-7-9-16-35(31(2)3)17-12-13-20-53(68)29-69-27-38-39(53)22-44-50-37(26-61(44)52(38)67)49-41(19-18-36-32(4)40(54)23-42(60-50)48(36)49)58-47(65)28-70-30-57-45(63)24-56-51(66)43(21-34-14-10-8-11-15-34)59-46(64)25-55-33(5)62/h8,10-11,14-15,22-23,31,35,41,43,68H,6-7,9,12-13,16-21,24-30H2,1-5H3,(H,55,62)(H,56,66)(H,57,63)(H,58,65)(H,59,64)/t35?,41-,43-,53+/m0/s1. The lowest BCUT2D eigenvalue weighted by atomic mass is 9.81. The van der Waals surface area contributed by atoms with Gasteiger partial charge in [0.15, 0.2) is 0 Å².